The zero-order valence-corrected chi connectivity index (χ0v) is 20.1. The first-order valence-corrected chi connectivity index (χ1v) is 11.9. The van der Waals surface area contributed by atoms with Crippen LogP contribution in [0.25, 0.3) is 0 Å². The van der Waals surface area contributed by atoms with E-state index in [1.54, 1.807) is 42.5 Å². The molecule has 1 N–H and O–H groups in total. The van der Waals surface area contributed by atoms with Gasteiger partial charge in [0.15, 0.2) is 0 Å². The molecule has 1 amide bonds. The molecule has 3 aromatic rings. The number of halogens is 3. The smallest absolute Gasteiger partial charge is 0.264 e. The first kappa shape index (κ1) is 23.4. The molecule has 0 unspecified atom stereocenters. The van der Waals surface area contributed by atoms with Gasteiger partial charge in [0.1, 0.15) is 12.3 Å². The quantitative estimate of drug-likeness (QED) is 0.421. The summed E-state index contributed by atoms with van der Waals surface area (Å²) < 4.78 is 33.8. The van der Waals surface area contributed by atoms with E-state index >= 15 is 0 Å². The average molecular weight is 544 g/mol. The van der Waals surface area contributed by atoms with Crippen LogP contribution in [0, 0.1) is 0 Å². The Morgan fingerprint density at radius 1 is 1.06 bits per heavy atom. The normalized spacial score (nSPS) is 11.1. The summed E-state index contributed by atoms with van der Waals surface area (Å²) >= 11 is 15.5. The minimum atomic E-state index is -4.11. The van der Waals surface area contributed by atoms with E-state index in [1.807, 2.05) is 0 Å². The number of rotatable bonds is 7. The van der Waals surface area contributed by atoms with Gasteiger partial charge in [-0.25, -0.2) is 8.42 Å². The molecule has 0 saturated heterocycles. The number of carbonyl (C=O) groups is 1. The second kappa shape index (κ2) is 9.91. The number of anilines is 2. The number of benzene rings is 3. The van der Waals surface area contributed by atoms with Crippen molar-refractivity contribution in [3.05, 3.63) is 81.2 Å². The highest BCUT2D eigenvalue weighted by atomic mass is 79.9. The predicted octanol–water partition coefficient (Wildman–Crippen LogP) is 5.60. The van der Waals surface area contributed by atoms with Crippen molar-refractivity contribution in [2.45, 2.75) is 4.90 Å². The third kappa shape index (κ3) is 5.51. The minimum Gasteiger partial charge on any atom is -0.495 e. The van der Waals surface area contributed by atoms with E-state index in [-0.39, 0.29) is 16.3 Å². The lowest BCUT2D eigenvalue weighted by molar-refractivity contribution is -0.114. The van der Waals surface area contributed by atoms with Crippen LogP contribution in [0.15, 0.2) is 76.1 Å². The number of hydrogen-bond acceptors (Lipinski definition) is 4. The summed E-state index contributed by atoms with van der Waals surface area (Å²) in [7, 11) is -2.70. The van der Waals surface area contributed by atoms with Gasteiger partial charge in [0.25, 0.3) is 10.0 Å². The molecule has 0 aliphatic rings. The Hall–Kier alpha value is -2.26. The zero-order valence-electron chi connectivity index (χ0n) is 16.2. The second-order valence-electron chi connectivity index (χ2n) is 6.32. The van der Waals surface area contributed by atoms with Gasteiger partial charge < -0.3 is 10.1 Å². The van der Waals surface area contributed by atoms with Crippen LogP contribution >= 0.6 is 39.1 Å². The number of carbonyl (C=O) groups excluding carboxylic acids is 1. The summed E-state index contributed by atoms with van der Waals surface area (Å²) in [5.74, 6) is -0.316. The summed E-state index contributed by atoms with van der Waals surface area (Å²) in [5.41, 5.74) is 0.566. The van der Waals surface area contributed by atoms with Crippen molar-refractivity contribution in [2.24, 2.45) is 0 Å². The Bertz CT molecular complexity index is 1210. The van der Waals surface area contributed by atoms with Crippen molar-refractivity contribution in [3.8, 4) is 5.75 Å². The fraction of sp³-hybridized carbons (Fsp3) is 0.0952. The summed E-state index contributed by atoms with van der Waals surface area (Å²) in [6.07, 6.45) is 0. The molecule has 0 bridgehead atoms. The molecule has 3 aromatic carbocycles. The first-order valence-electron chi connectivity index (χ1n) is 8.88. The number of nitrogens with one attached hydrogen (secondary N) is 1. The number of nitrogens with zero attached hydrogens (tertiary/aromatic N) is 1. The van der Waals surface area contributed by atoms with Gasteiger partial charge in [-0.3, -0.25) is 9.10 Å². The summed E-state index contributed by atoms with van der Waals surface area (Å²) in [5, 5.41) is 3.36. The molecule has 0 aromatic heterocycles. The molecule has 10 heteroatoms. The minimum absolute atomic E-state index is 0.0246. The fourth-order valence-corrected chi connectivity index (χ4v) is 4.82. The third-order valence-corrected chi connectivity index (χ3v) is 7.47. The highest BCUT2D eigenvalue weighted by Gasteiger charge is 2.29. The standard InChI is InChI=1S/C21H17BrCl2N2O4S/c1-30-20-10-7-14(23)11-19(20)26(31(28,29)16-5-3-2-4-6-16)13-21(27)25-15-8-9-17(22)18(24)12-15/h2-12H,13H2,1H3,(H,25,27). The Morgan fingerprint density at radius 3 is 2.42 bits per heavy atom. The number of ether oxygens (including phenoxy) is 1. The maximum absolute atomic E-state index is 13.4. The maximum atomic E-state index is 13.4. The molecule has 0 fully saturated rings. The van der Waals surface area contributed by atoms with Gasteiger partial charge in [-0.2, -0.15) is 0 Å². The predicted molar refractivity (Wildman–Crippen MR) is 127 cm³/mol. The Balaban J connectivity index is 2.01. The van der Waals surface area contributed by atoms with Crippen LogP contribution in [0.4, 0.5) is 11.4 Å². The summed E-state index contributed by atoms with van der Waals surface area (Å²) in [6.45, 7) is -0.512. The summed E-state index contributed by atoms with van der Waals surface area (Å²) in [4.78, 5) is 12.8. The van der Waals surface area contributed by atoms with Crippen molar-refractivity contribution in [3.63, 3.8) is 0 Å². The van der Waals surface area contributed by atoms with Gasteiger partial charge >= 0.3 is 0 Å². The first-order chi connectivity index (χ1) is 14.7. The van der Waals surface area contributed by atoms with Crippen LogP contribution in [0.2, 0.25) is 10.0 Å². The second-order valence-corrected chi connectivity index (χ2v) is 9.88. The van der Waals surface area contributed by atoms with Crippen LogP contribution in [-0.4, -0.2) is 28.0 Å². The third-order valence-electron chi connectivity index (χ3n) is 4.23. The number of amides is 1. The van der Waals surface area contributed by atoms with Crippen molar-refractivity contribution in [1.82, 2.24) is 0 Å². The molecule has 162 valence electrons. The number of sulfonamides is 1. The van der Waals surface area contributed by atoms with E-state index in [9.17, 15) is 13.2 Å². The molecule has 0 aliphatic heterocycles. The molecule has 3 rings (SSSR count). The molecular weight excluding hydrogens is 527 g/mol. The van der Waals surface area contributed by atoms with E-state index < -0.39 is 22.5 Å². The highest BCUT2D eigenvalue weighted by Crippen LogP contribution is 2.35. The number of hydrogen-bond donors (Lipinski definition) is 1. The van der Waals surface area contributed by atoms with Gasteiger partial charge in [0.05, 0.1) is 22.7 Å². The van der Waals surface area contributed by atoms with Crippen LogP contribution in [-0.2, 0) is 14.8 Å². The molecule has 0 atom stereocenters. The van der Waals surface area contributed by atoms with Gasteiger partial charge in [-0.1, -0.05) is 41.4 Å². The van der Waals surface area contributed by atoms with Gasteiger partial charge in [0.2, 0.25) is 5.91 Å². The van der Waals surface area contributed by atoms with Crippen LogP contribution in [0.5, 0.6) is 5.75 Å². The zero-order chi connectivity index (χ0) is 22.6. The van der Waals surface area contributed by atoms with Gasteiger partial charge in [0, 0.05) is 15.2 Å². The molecule has 6 nitrogen and oxygen atoms in total. The number of methoxy groups -OCH3 is 1. The maximum Gasteiger partial charge on any atom is 0.264 e. The van der Waals surface area contributed by atoms with E-state index in [4.69, 9.17) is 27.9 Å². The molecular formula is C21H17BrCl2N2O4S. The summed E-state index contributed by atoms with van der Waals surface area (Å²) in [6, 6.07) is 17.2. The van der Waals surface area contributed by atoms with Crippen molar-refractivity contribution >= 4 is 66.4 Å². The van der Waals surface area contributed by atoms with Crippen molar-refractivity contribution in [1.29, 1.82) is 0 Å². The van der Waals surface area contributed by atoms with Gasteiger partial charge in [-0.15, -0.1) is 0 Å². The van der Waals surface area contributed by atoms with Crippen LogP contribution in [0.3, 0.4) is 0 Å². The molecule has 0 spiro atoms. The Labute approximate surface area is 198 Å². The topological polar surface area (TPSA) is 75.7 Å². The lowest BCUT2D eigenvalue weighted by Gasteiger charge is -2.26. The molecule has 0 saturated carbocycles. The van der Waals surface area contributed by atoms with E-state index in [0.29, 0.717) is 20.2 Å². The van der Waals surface area contributed by atoms with Gasteiger partial charge in [-0.05, 0) is 64.5 Å². The van der Waals surface area contributed by atoms with Crippen LogP contribution < -0.4 is 14.4 Å². The largest absolute Gasteiger partial charge is 0.495 e. The molecule has 31 heavy (non-hydrogen) atoms. The monoisotopic (exact) mass is 542 g/mol. The Morgan fingerprint density at radius 2 is 1.77 bits per heavy atom. The van der Waals surface area contributed by atoms with E-state index in [1.165, 1.54) is 31.4 Å². The Kier molecular flexibility index (Phi) is 7.48. The average Bonchev–Trinajstić information content (AvgIpc) is 2.75. The highest BCUT2D eigenvalue weighted by molar-refractivity contribution is 9.10. The molecule has 0 aliphatic carbocycles. The lowest BCUT2D eigenvalue weighted by Crippen LogP contribution is -2.38. The van der Waals surface area contributed by atoms with Crippen molar-refractivity contribution < 1.29 is 17.9 Å². The van der Waals surface area contributed by atoms with Crippen LogP contribution in [0.1, 0.15) is 0 Å². The van der Waals surface area contributed by atoms with Crippen molar-refractivity contribution in [2.75, 3.05) is 23.3 Å². The van der Waals surface area contributed by atoms with E-state index in [0.717, 1.165) is 4.31 Å². The fourth-order valence-electron chi connectivity index (χ4n) is 2.78. The lowest BCUT2D eigenvalue weighted by atomic mass is 10.3. The SMILES string of the molecule is COc1ccc(Cl)cc1N(CC(=O)Nc1ccc(Br)c(Cl)c1)S(=O)(=O)c1ccccc1. The molecule has 0 radical (unpaired) electrons. The van der Waals surface area contributed by atoms with E-state index in [2.05, 4.69) is 21.2 Å². The molecule has 0 heterocycles.